The second kappa shape index (κ2) is 4.51. The number of nitrogens with two attached hydrogens (primary N) is 1. The van der Waals surface area contributed by atoms with Crippen molar-refractivity contribution in [2.45, 2.75) is 32.6 Å². The van der Waals surface area contributed by atoms with E-state index in [1.165, 1.54) is 0 Å². The van der Waals surface area contributed by atoms with E-state index in [9.17, 15) is 4.79 Å². The van der Waals surface area contributed by atoms with Crippen molar-refractivity contribution in [2.75, 3.05) is 6.61 Å². The number of carbonyl (C=O) groups excluding carboxylic acids is 1. The molecule has 4 nitrogen and oxygen atoms in total. The molecule has 0 atom stereocenters. The van der Waals surface area contributed by atoms with Gasteiger partial charge in [0.15, 0.2) is 0 Å². The molecule has 0 spiro atoms. The van der Waals surface area contributed by atoms with Gasteiger partial charge in [-0.2, -0.15) is 0 Å². The van der Waals surface area contributed by atoms with Crippen LogP contribution in [0.25, 0.3) is 0 Å². The van der Waals surface area contributed by atoms with Gasteiger partial charge in [-0.3, -0.25) is 4.79 Å². The van der Waals surface area contributed by atoms with Gasteiger partial charge in [0.05, 0.1) is 6.61 Å². The van der Waals surface area contributed by atoms with Crippen LogP contribution in [-0.4, -0.2) is 17.5 Å². The fourth-order valence-corrected chi connectivity index (χ4v) is 2.04. The number of fused-ring (bicyclic) bond motifs is 1. The third-order valence-corrected chi connectivity index (χ3v) is 2.81. The smallest absolute Gasteiger partial charge is 0.254 e. The van der Waals surface area contributed by atoms with Crippen LogP contribution in [0.2, 0.25) is 0 Å². The van der Waals surface area contributed by atoms with Gasteiger partial charge in [-0.1, -0.05) is 0 Å². The number of ether oxygens (including phenoxy) is 1. The van der Waals surface area contributed by atoms with E-state index in [1.54, 1.807) is 0 Å². The Labute approximate surface area is 94.8 Å². The summed E-state index contributed by atoms with van der Waals surface area (Å²) >= 11 is 0. The van der Waals surface area contributed by atoms with Gasteiger partial charge in [-0.05, 0) is 44.2 Å². The molecule has 16 heavy (non-hydrogen) atoms. The predicted molar refractivity (Wildman–Crippen MR) is 60.6 cm³/mol. The molecule has 1 aliphatic carbocycles. The van der Waals surface area contributed by atoms with Crippen molar-refractivity contribution < 1.29 is 9.53 Å². The Bertz CT molecular complexity index is 416. The maximum absolute atomic E-state index is 11.3. The molecule has 86 valence electrons. The van der Waals surface area contributed by atoms with E-state index in [-0.39, 0.29) is 0 Å². The number of primary amides is 1. The summed E-state index contributed by atoms with van der Waals surface area (Å²) in [5, 5.41) is 0. The van der Waals surface area contributed by atoms with Gasteiger partial charge in [0, 0.05) is 5.69 Å². The van der Waals surface area contributed by atoms with Crippen LogP contribution in [0.15, 0.2) is 6.07 Å². The molecule has 1 amide bonds. The Morgan fingerprint density at radius 1 is 1.50 bits per heavy atom. The number of hydrogen-bond donors (Lipinski definition) is 1. The first-order valence-electron chi connectivity index (χ1n) is 5.67. The number of amides is 1. The first-order valence-corrected chi connectivity index (χ1v) is 5.67. The van der Waals surface area contributed by atoms with Crippen molar-refractivity contribution in [3.8, 4) is 5.88 Å². The van der Waals surface area contributed by atoms with E-state index >= 15 is 0 Å². The number of hydrogen-bond acceptors (Lipinski definition) is 3. The molecule has 2 rings (SSSR count). The highest BCUT2D eigenvalue weighted by atomic mass is 16.5. The SMILES string of the molecule is CCOc1nc2c(cc1C(N)=O)CCCC2. The third-order valence-electron chi connectivity index (χ3n) is 2.81. The minimum atomic E-state index is -0.468. The maximum atomic E-state index is 11.3. The standard InChI is InChI=1S/C12H16N2O2/c1-2-16-12-9(11(13)15)7-8-5-3-4-6-10(8)14-12/h7H,2-6H2,1H3,(H2,13,15). The van der Waals surface area contributed by atoms with Crippen LogP contribution in [0.5, 0.6) is 5.88 Å². The number of carbonyl (C=O) groups is 1. The van der Waals surface area contributed by atoms with Gasteiger partial charge in [0.1, 0.15) is 5.56 Å². The molecule has 0 aliphatic heterocycles. The highest BCUT2D eigenvalue weighted by molar-refractivity contribution is 5.95. The van der Waals surface area contributed by atoms with Crippen LogP contribution in [0, 0.1) is 0 Å². The largest absolute Gasteiger partial charge is 0.477 e. The second-order valence-electron chi connectivity index (χ2n) is 3.95. The zero-order valence-corrected chi connectivity index (χ0v) is 9.45. The molecule has 0 radical (unpaired) electrons. The maximum Gasteiger partial charge on any atom is 0.254 e. The first-order chi connectivity index (χ1) is 7.72. The fourth-order valence-electron chi connectivity index (χ4n) is 2.04. The topological polar surface area (TPSA) is 65.2 Å². The summed E-state index contributed by atoms with van der Waals surface area (Å²) in [7, 11) is 0. The summed E-state index contributed by atoms with van der Waals surface area (Å²) in [5.41, 5.74) is 7.92. The van der Waals surface area contributed by atoms with Gasteiger partial charge in [-0.25, -0.2) is 4.98 Å². The molecule has 0 fully saturated rings. The number of pyridine rings is 1. The van der Waals surface area contributed by atoms with Gasteiger partial charge in [-0.15, -0.1) is 0 Å². The van der Waals surface area contributed by atoms with Crippen molar-refractivity contribution in [1.29, 1.82) is 0 Å². The van der Waals surface area contributed by atoms with E-state index in [1.807, 2.05) is 13.0 Å². The molecule has 0 saturated carbocycles. The Balaban J connectivity index is 2.45. The quantitative estimate of drug-likeness (QED) is 0.838. The number of aryl methyl sites for hydroxylation is 2. The molecular weight excluding hydrogens is 204 g/mol. The second-order valence-corrected chi connectivity index (χ2v) is 3.95. The minimum Gasteiger partial charge on any atom is -0.477 e. The summed E-state index contributed by atoms with van der Waals surface area (Å²) < 4.78 is 5.35. The minimum absolute atomic E-state index is 0.385. The Morgan fingerprint density at radius 3 is 2.94 bits per heavy atom. The molecular formula is C12H16N2O2. The molecule has 2 N–H and O–H groups in total. The molecule has 1 aromatic heterocycles. The molecule has 0 aromatic carbocycles. The first kappa shape index (κ1) is 10.9. The molecule has 0 unspecified atom stereocenters. The van der Waals surface area contributed by atoms with Crippen molar-refractivity contribution in [2.24, 2.45) is 5.73 Å². The average Bonchev–Trinajstić information content (AvgIpc) is 2.28. The molecule has 1 heterocycles. The van der Waals surface area contributed by atoms with Crippen molar-refractivity contribution in [3.63, 3.8) is 0 Å². The van der Waals surface area contributed by atoms with Crippen LogP contribution in [0.1, 0.15) is 41.4 Å². The van der Waals surface area contributed by atoms with Crippen molar-refractivity contribution in [1.82, 2.24) is 4.98 Å². The summed E-state index contributed by atoms with van der Waals surface area (Å²) in [4.78, 5) is 15.7. The van der Waals surface area contributed by atoms with Crippen LogP contribution >= 0.6 is 0 Å². The number of rotatable bonds is 3. The number of aromatic nitrogens is 1. The molecule has 4 heteroatoms. The van der Waals surface area contributed by atoms with E-state index in [0.717, 1.165) is 36.9 Å². The Morgan fingerprint density at radius 2 is 2.25 bits per heavy atom. The van der Waals surface area contributed by atoms with Crippen LogP contribution in [0.4, 0.5) is 0 Å². The normalized spacial score (nSPS) is 14.3. The van der Waals surface area contributed by atoms with E-state index in [0.29, 0.717) is 18.1 Å². The van der Waals surface area contributed by atoms with Gasteiger partial charge >= 0.3 is 0 Å². The lowest BCUT2D eigenvalue weighted by molar-refractivity contribution is 0.0995. The highest BCUT2D eigenvalue weighted by Gasteiger charge is 2.18. The van der Waals surface area contributed by atoms with Crippen LogP contribution < -0.4 is 10.5 Å². The fraction of sp³-hybridized carbons (Fsp3) is 0.500. The van der Waals surface area contributed by atoms with Gasteiger partial charge < -0.3 is 10.5 Å². The molecule has 0 bridgehead atoms. The Kier molecular flexibility index (Phi) is 3.08. The summed E-state index contributed by atoms with van der Waals surface area (Å²) in [6, 6.07) is 1.84. The zero-order chi connectivity index (χ0) is 11.5. The lowest BCUT2D eigenvalue weighted by Gasteiger charge is -2.17. The predicted octanol–water partition coefficient (Wildman–Crippen LogP) is 1.46. The monoisotopic (exact) mass is 220 g/mol. The number of nitrogens with zero attached hydrogens (tertiary/aromatic N) is 1. The molecule has 1 aliphatic rings. The summed E-state index contributed by atoms with van der Waals surface area (Å²) in [5.74, 6) is -0.0834. The van der Waals surface area contributed by atoms with E-state index in [4.69, 9.17) is 10.5 Å². The lowest BCUT2D eigenvalue weighted by Crippen LogP contribution is -2.17. The van der Waals surface area contributed by atoms with Crippen molar-refractivity contribution in [3.05, 3.63) is 22.9 Å². The Hall–Kier alpha value is -1.58. The third kappa shape index (κ3) is 2.01. The van der Waals surface area contributed by atoms with Crippen LogP contribution in [0.3, 0.4) is 0 Å². The summed E-state index contributed by atoms with van der Waals surface area (Å²) in [6.07, 6.45) is 4.26. The van der Waals surface area contributed by atoms with Crippen molar-refractivity contribution >= 4 is 5.91 Å². The highest BCUT2D eigenvalue weighted by Crippen LogP contribution is 2.25. The zero-order valence-electron chi connectivity index (χ0n) is 9.45. The van der Waals surface area contributed by atoms with E-state index in [2.05, 4.69) is 4.98 Å². The van der Waals surface area contributed by atoms with Gasteiger partial charge in [0.25, 0.3) is 5.91 Å². The van der Waals surface area contributed by atoms with E-state index < -0.39 is 5.91 Å². The molecule has 0 saturated heterocycles. The lowest BCUT2D eigenvalue weighted by atomic mass is 9.95. The van der Waals surface area contributed by atoms with Crippen LogP contribution in [-0.2, 0) is 12.8 Å². The summed E-state index contributed by atoms with van der Waals surface area (Å²) in [6.45, 7) is 2.36. The van der Waals surface area contributed by atoms with Gasteiger partial charge in [0.2, 0.25) is 5.88 Å². The molecule has 1 aromatic rings. The average molecular weight is 220 g/mol.